The smallest absolute Gasteiger partial charge is 0.182 e. The number of benzene rings is 1. The van der Waals surface area contributed by atoms with Crippen molar-refractivity contribution >= 4 is 11.5 Å². The highest BCUT2D eigenvalue weighted by Gasteiger charge is 2.39. The fraction of sp³-hybridized carbons (Fsp3) is 0.214. The molecule has 3 rings (SSSR count). The fourth-order valence-electron chi connectivity index (χ4n) is 2.22. The van der Waals surface area contributed by atoms with Crippen LogP contribution in [0.2, 0.25) is 0 Å². The van der Waals surface area contributed by atoms with Crippen molar-refractivity contribution in [1.29, 1.82) is 0 Å². The Kier molecular flexibility index (Phi) is 2.08. The number of anilines is 2. The normalized spacial score (nSPS) is 16.5. The molecule has 0 radical (unpaired) electrons. The van der Waals surface area contributed by atoms with Crippen LogP contribution in [0.1, 0.15) is 13.8 Å². The minimum atomic E-state index is -0.405. The van der Waals surface area contributed by atoms with E-state index in [2.05, 4.69) is 16.0 Å². The number of rotatable bonds is 1. The number of nitrogens with zero attached hydrogens (tertiary/aromatic N) is 2. The standard InChI is InChI=1S/C14H14N2O/c1-14(2)16(13-9-5-6-10-15-13)11-7-3-4-8-12(11)17-14/h3-10H,1-2H3. The Hall–Kier alpha value is -2.03. The van der Waals surface area contributed by atoms with Crippen LogP contribution in [0, 0.1) is 0 Å². The highest BCUT2D eigenvalue weighted by atomic mass is 16.5. The molecule has 1 aromatic carbocycles. The van der Waals surface area contributed by atoms with Crippen molar-refractivity contribution in [2.24, 2.45) is 0 Å². The Bertz CT molecular complexity index is 537. The maximum atomic E-state index is 5.95. The lowest BCUT2D eigenvalue weighted by molar-refractivity contribution is 0.140. The Labute approximate surface area is 101 Å². The highest BCUT2D eigenvalue weighted by molar-refractivity contribution is 5.71. The van der Waals surface area contributed by atoms with E-state index in [1.54, 1.807) is 6.20 Å². The van der Waals surface area contributed by atoms with Crippen molar-refractivity contribution < 1.29 is 4.74 Å². The Balaban J connectivity index is 2.15. The van der Waals surface area contributed by atoms with Gasteiger partial charge in [0.1, 0.15) is 11.6 Å². The average molecular weight is 226 g/mol. The van der Waals surface area contributed by atoms with Crippen LogP contribution in [0.5, 0.6) is 5.75 Å². The fourth-order valence-corrected chi connectivity index (χ4v) is 2.22. The van der Waals surface area contributed by atoms with Gasteiger partial charge in [0.15, 0.2) is 5.72 Å². The first-order valence-corrected chi connectivity index (χ1v) is 5.68. The third-order valence-corrected chi connectivity index (χ3v) is 2.88. The summed E-state index contributed by atoms with van der Waals surface area (Å²) in [6, 6.07) is 13.9. The van der Waals surface area contributed by atoms with Crippen molar-refractivity contribution in [3.63, 3.8) is 0 Å². The zero-order chi connectivity index (χ0) is 11.9. The van der Waals surface area contributed by atoms with Gasteiger partial charge in [0.25, 0.3) is 0 Å². The molecule has 3 nitrogen and oxygen atoms in total. The second-order valence-corrected chi connectivity index (χ2v) is 4.54. The second-order valence-electron chi connectivity index (χ2n) is 4.54. The lowest BCUT2D eigenvalue weighted by Gasteiger charge is -2.30. The predicted octanol–water partition coefficient (Wildman–Crippen LogP) is 3.35. The van der Waals surface area contributed by atoms with E-state index in [9.17, 15) is 0 Å². The second kappa shape index (κ2) is 3.48. The molecule has 1 aromatic heterocycles. The Morgan fingerprint density at radius 3 is 2.59 bits per heavy atom. The van der Waals surface area contributed by atoms with Gasteiger partial charge in [-0.3, -0.25) is 4.90 Å². The molecule has 17 heavy (non-hydrogen) atoms. The van der Waals surface area contributed by atoms with Gasteiger partial charge in [0.05, 0.1) is 5.69 Å². The number of para-hydroxylation sites is 2. The van der Waals surface area contributed by atoms with Gasteiger partial charge in [-0.25, -0.2) is 4.98 Å². The molecule has 0 N–H and O–H groups in total. The molecule has 86 valence electrons. The van der Waals surface area contributed by atoms with Gasteiger partial charge in [-0.05, 0) is 38.1 Å². The van der Waals surface area contributed by atoms with Gasteiger partial charge in [0.2, 0.25) is 0 Å². The molecule has 0 atom stereocenters. The van der Waals surface area contributed by atoms with Crippen molar-refractivity contribution in [3.05, 3.63) is 48.7 Å². The summed E-state index contributed by atoms with van der Waals surface area (Å²) in [5, 5.41) is 0. The van der Waals surface area contributed by atoms with Gasteiger partial charge in [0, 0.05) is 6.20 Å². The molecule has 3 heteroatoms. The first kappa shape index (κ1) is 10.1. The molecule has 2 heterocycles. The zero-order valence-corrected chi connectivity index (χ0v) is 9.92. The van der Waals surface area contributed by atoms with Crippen LogP contribution in [-0.2, 0) is 0 Å². The van der Waals surface area contributed by atoms with Gasteiger partial charge in [-0.1, -0.05) is 18.2 Å². The molecule has 0 bridgehead atoms. The van der Waals surface area contributed by atoms with E-state index < -0.39 is 5.72 Å². The minimum absolute atomic E-state index is 0.405. The number of fused-ring (bicyclic) bond motifs is 1. The summed E-state index contributed by atoms with van der Waals surface area (Å²) in [5.74, 6) is 1.81. The van der Waals surface area contributed by atoms with Crippen LogP contribution in [0.15, 0.2) is 48.7 Å². The molecule has 0 saturated heterocycles. The van der Waals surface area contributed by atoms with E-state index >= 15 is 0 Å². The van der Waals surface area contributed by atoms with Crippen molar-refractivity contribution in [2.45, 2.75) is 19.6 Å². The summed E-state index contributed by atoms with van der Waals surface area (Å²) in [7, 11) is 0. The molecule has 2 aromatic rings. The van der Waals surface area contributed by atoms with E-state index in [0.717, 1.165) is 17.3 Å². The number of aromatic nitrogens is 1. The third kappa shape index (κ3) is 1.55. The highest BCUT2D eigenvalue weighted by Crippen LogP contribution is 2.45. The lowest BCUT2D eigenvalue weighted by Crippen LogP contribution is -2.41. The van der Waals surface area contributed by atoms with Gasteiger partial charge in [-0.2, -0.15) is 0 Å². The summed E-state index contributed by atoms with van der Waals surface area (Å²) in [6.07, 6.45) is 1.80. The number of hydrogen-bond acceptors (Lipinski definition) is 3. The monoisotopic (exact) mass is 226 g/mol. The quantitative estimate of drug-likeness (QED) is 0.745. The largest absolute Gasteiger partial charge is 0.466 e. The molecule has 1 aliphatic rings. The van der Waals surface area contributed by atoms with Crippen molar-refractivity contribution in [3.8, 4) is 5.75 Å². The SMILES string of the molecule is CC1(C)Oc2ccccc2N1c1ccccn1. The van der Waals surface area contributed by atoms with Gasteiger partial charge >= 0.3 is 0 Å². The maximum absolute atomic E-state index is 5.95. The molecule has 0 fully saturated rings. The molecule has 0 spiro atoms. The van der Waals surface area contributed by atoms with E-state index in [0.29, 0.717) is 0 Å². The minimum Gasteiger partial charge on any atom is -0.466 e. The number of hydrogen-bond donors (Lipinski definition) is 0. The van der Waals surface area contributed by atoms with E-state index in [1.807, 2.05) is 50.2 Å². The first-order chi connectivity index (χ1) is 8.18. The van der Waals surface area contributed by atoms with Crippen LogP contribution in [0.3, 0.4) is 0 Å². The predicted molar refractivity (Wildman–Crippen MR) is 67.5 cm³/mol. The van der Waals surface area contributed by atoms with Crippen LogP contribution >= 0.6 is 0 Å². The molecule has 0 saturated carbocycles. The van der Waals surface area contributed by atoms with Crippen molar-refractivity contribution in [1.82, 2.24) is 4.98 Å². The third-order valence-electron chi connectivity index (χ3n) is 2.88. The molecule has 0 aliphatic carbocycles. The number of pyridine rings is 1. The molecular formula is C14H14N2O. The molecule has 1 aliphatic heterocycles. The summed E-state index contributed by atoms with van der Waals surface area (Å²) in [5.41, 5.74) is 0.661. The van der Waals surface area contributed by atoms with E-state index in [-0.39, 0.29) is 0 Å². The first-order valence-electron chi connectivity index (χ1n) is 5.68. The molecular weight excluding hydrogens is 212 g/mol. The molecule has 0 amide bonds. The van der Waals surface area contributed by atoms with Gasteiger partial charge < -0.3 is 4.74 Å². The van der Waals surface area contributed by atoms with Gasteiger partial charge in [-0.15, -0.1) is 0 Å². The van der Waals surface area contributed by atoms with Crippen LogP contribution in [0.25, 0.3) is 0 Å². The summed E-state index contributed by atoms with van der Waals surface area (Å²) < 4.78 is 5.95. The Morgan fingerprint density at radius 1 is 1.06 bits per heavy atom. The summed E-state index contributed by atoms with van der Waals surface area (Å²) in [6.45, 7) is 4.09. The topological polar surface area (TPSA) is 25.4 Å². The van der Waals surface area contributed by atoms with Crippen molar-refractivity contribution in [2.75, 3.05) is 4.90 Å². The van der Waals surface area contributed by atoms with Crippen LogP contribution in [0.4, 0.5) is 11.5 Å². The maximum Gasteiger partial charge on any atom is 0.182 e. The van der Waals surface area contributed by atoms with Crippen LogP contribution in [-0.4, -0.2) is 10.7 Å². The van der Waals surface area contributed by atoms with Crippen LogP contribution < -0.4 is 9.64 Å². The average Bonchev–Trinajstić information content (AvgIpc) is 2.60. The molecule has 0 unspecified atom stereocenters. The summed E-state index contributed by atoms with van der Waals surface area (Å²) in [4.78, 5) is 6.51. The zero-order valence-electron chi connectivity index (χ0n) is 9.92. The summed E-state index contributed by atoms with van der Waals surface area (Å²) >= 11 is 0. The number of ether oxygens (including phenoxy) is 1. The lowest BCUT2D eigenvalue weighted by atomic mass is 10.2. The van der Waals surface area contributed by atoms with E-state index in [4.69, 9.17) is 4.74 Å². The van der Waals surface area contributed by atoms with E-state index in [1.165, 1.54) is 0 Å². The Morgan fingerprint density at radius 2 is 1.82 bits per heavy atom.